The minimum atomic E-state index is 0.683. The minimum absolute atomic E-state index is 0.683. The predicted octanol–water partition coefficient (Wildman–Crippen LogP) is 1.62. The highest BCUT2D eigenvalue weighted by Crippen LogP contribution is 2.17. The van der Waals surface area contributed by atoms with Crippen molar-refractivity contribution < 1.29 is 0 Å². The number of piperidine rings is 1. The first-order chi connectivity index (χ1) is 8.25. The highest BCUT2D eigenvalue weighted by Gasteiger charge is 2.21. The SMILES string of the molecule is CC(C)N1CCCC(CNCc2ncc[nH]2)C1. The average molecular weight is 236 g/mol. The Morgan fingerprint density at radius 2 is 2.47 bits per heavy atom. The molecule has 1 unspecified atom stereocenters. The van der Waals surface area contributed by atoms with Gasteiger partial charge < -0.3 is 15.2 Å². The molecular formula is C13H24N4. The molecule has 96 valence electrons. The molecule has 2 rings (SSSR count). The van der Waals surface area contributed by atoms with E-state index in [4.69, 9.17) is 0 Å². The molecule has 1 aromatic rings. The summed E-state index contributed by atoms with van der Waals surface area (Å²) < 4.78 is 0. The van der Waals surface area contributed by atoms with E-state index in [1.165, 1.54) is 25.9 Å². The zero-order valence-electron chi connectivity index (χ0n) is 10.9. The van der Waals surface area contributed by atoms with Crippen LogP contribution in [0, 0.1) is 5.92 Å². The number of hydrogen-bond acceptors (Lipinski definition) is 3. The van der Waals surface area contributed by atoms with Crippen molar-refractivity contribution in [1.82, 2.24) is 20.2 Å². The van der Waals surface area contributed by atoms with E-state index in [0.717, 1.165) is 24.8 Å². The summed E-state index contributed by atoms with van der Waals surface area (Å²) in [5.41, 5.74) is 0. The first-order valence-corrected chi connectivity index (χ1v) is 6.68. The van der Waals surface area contributed by atoms with Gasteiger partial charge in [0.25, 0.3) is 0 Å². The summed E-state index contributed by atoms with van der Waals surface area (Å²) in [5, 5.41) is 3.50. The Bertz CT molecular complexity index is 307. The van der Waals surface area contributed by atoms with Crippen molar-refractivity contribution in [1.29, 1.82) is 0 Å². The highest BCUT2D eigenvalue weighted by molar-refractivity contribution is 4.86. The summed E-state index contributed by atoms with van der Waals surface area (Å²) >= 11 is 0. The number of rotatable bonds is 5. The summed E-state index contributed by atoms with van der Waals surface area (Å²) in [6.07, 6.45) is 6.37. The Morgan fingerprint density at radius 1 is 1.59 bits per heavy atom. The molecule has 4 heteroatoms. The van der Waals surface area contributed by atoms with E-state index >= 15 is 0 Å². The van der Waals surface area contributed by atoms with E-state index in [-0.39, 0.29) is 0 Å². The van der Waals surface area contributed by atoms with E-state index < -0.39 is 0 Å². The fourth-order valence-electron chi connectivity index (χ4n) is 2.52. The third-order valence-electron chi connectivity index (χ3n) is 3.56. The lowest BCUT2D eigenvalue weighted by Crippen LogP contribution is -2.42. The summed E-state index contributed by atoms with van der Waals surface area (Å²) in [6, 6.07) is 0.683. The lowest BCUT2D eigenvalue weighted by atomic mass is 9.97. The molecule has 2 N–H and O–H groups in total. The number of H-pyrrole nitrogens is 1. The van der Waals surface area contributed by atoms with E-state index in [2.05, 4.69) is 34.0 Å². The van der Waals surface area contributed by atoms with Gasteiger partial charge in [0, 0.05) is 25.0 Å². The van der Waals surface area contributed by atoms with Gasteiger partial charge in [-0.15, -0.1) is 0 Å². The van der Waals surface area contributed by atoms with Crippen LogP contribution in [0.25, 0.3) is 0 Å². The van der Waals surface area contributed by atoms with E-state index in [0.29, 0.717) is 6.04 Å². The van der Waals surface area contributed by atoms with Crippen molar-refractivity contribution in [3.8, 4) is 0 Å². The number of nitrogens with zero attached hydrogens (tertiary/aromatic N) is 2. The maximum absolute atomic E-state index is 4.21. The molecular weight excluding hydrogens is 212 g/mol. The van der Waals surface area contributed by atoms with Crippen LogP contribution >= 0.6 is 0 Å². The van der Waals surface area contributed by atoms with Crippen LogP contribution in [0.15, 0.2) is 12.4 Å². The molecule has 1 saturated heterocycles. The molecule has 1 aliphatic heterocycles. The van der Waals surface area contributed by atoms with E-state index in [1.54, 1.807) is 6.20 Å². The Morgan fingerprint density at radius 3 is 3.18 bits per heavy atom. The van der Waals surface area contributed by atoms with E-state index in [1.807, 2.05) is 6.20 Å². The van der Waals surface area contributed by atoms with Crippen LogP contribution in [0.5, 0.6) is 0 Å². The van der Waals surface area contributed by atoms with Gasteiger partial charge in [-0.1, -0.05) is 0 Å². The van der Waals surface area contributed by atoms with Crippen LogP contribution in [-0.2, 0) is 6.54 Å². The van der Waals surface area contributed by atoms with E-state index in [9.17, 15) is 0 Å². The van der Waals surface area contributed by atoms with Crippen molar-refractivity contribution in [2.75, 3.05) is 19.6 Å². The van der Waals surface area contributed by atoms with Crippen molar-refractivity contribution in [2.45, 2.75) is 39.3 Å². The van der Waals surface area contributed by atoms with Gasteiger partial charge in [-0.2, -0.15) is 0 Å². The third kappa shape index (κ3) is 3.82. The molecule has 0 spiro atoms. The number of aromatic nitrogens is 2. The highest BCUT2D eigenvalue weighted by atomic mass is 15.2. The largest absolute Gasteiger partial charge is 0.348 e. The molecule has 0 aromatic carbocycles. The van der Waals surface area contributed by atoms with Gasteiger partial charge in [0.2, 0.25) is 0 Å². The lowest BCUT2D eigenvalue weighted by Gasteiger charge is -2.35. The molecule has 2 heterocycles. The number of nitrogens with one attached hydrogen (secondary N) is 2. The Hall–Kier alpha value is -0.870. The first-order valence-electron chi connectivity index (χ1n) is 6.68. The Labute approximate surface area is 104 Å². The Kier molecular flexibility index (Phi) is 4.57. The minimum Gasteiger partial charge on any atom is -0.348 e. The third-order valence-corrected chi connectivity index (χ3v) is 3.56. The van der Waals surface area contributed by atoms with Gasteiger partial charge in [-0.05, 0) is 45.7 Å². The van der Waals surface area contributed by atoms with Crippen LogP contribution in [0.3, 0.4) is 0 Å². The first kappa shape index (κ1) is 12.6. The van der Waals surface area contributed by atoms with Gasteiger partial charge in [0.15, 0.2) is 0 Å². The maximum Gasteiger partial charge on any atom is 0.120 e. The second kappa shape index (κ2) is 6.17. The van der Waals surface area contributed by atoms with Gasteiger partial charge in [-0.25, -0.2) is 4.98 Å². The van der Waals surface area contributed by atoms with Crippen LogP contribution in [0.1, 0.15) is 32.5 Å². The van der Waals surface area contributed by atoms with Gasteiger partial charge in [0.05, 0.1) is 6.54 Å². The molecule has 0 bridgehead atoms. The molecule has 0 radical (unpaired) electrons. The smallest absolute Gasteiger partial charge is 0.120 e. The van der Waals surface area contributed by atoms with Crippen molar-refractivity contribution in [3.05, 3.63) is 18.2 Å². The average Bonchev–Trinajstić information content (AvgIpc) is 2.82. The molecule has 4 nitrogen and oxygen atoms in total. The topological polar surface area (TPSA) is 44.0 Å². The van der Waals surface area contributed by atoms with Gasteiger partial charge >= 0.3 is 0 Å². The standard InChI is InChI=1S/C13H24N4/c1-11(2)17-7-3-4-12(10-17)8-14-9-13-15-5-6-16-13/h5-6,11-12,14H,3-4,7-10H2,1-2H3,(H,15,16). The summed E-state index contributed by atoms with van der Waals surface area (Å²) in [5.74, 6) is 1.82. The molecule has 1 aliphatic rings. The zero-order valence-corrected chi connectivity index (χ0v) is 10.9. The molecule has 1 aromatic heterocycles. The Balaban J connectivity index is 1.68. The summed E-state index contributed by atoms with van der Waals surface area (Å²) in [4.78, 5) is 9.92. The van der Waals surface area contributed by atoms with Crippen molar-refractivity contribution in [3.63, 3.8) is 0 Å². The second-order valence-electron chi connectivity index (χ2n) is 5.26. The number of imidazole rings is 1. The number of hydrogen-bond donors (Lipinski definition) is 2. The number of likely N-dealkylation sites (tertiary alicyclic amines) is 1. The number of aromatic amines is 1. The summed E-state index contributed by atoms with van der Waals surface area (Å²) in [7, 11) is 0. The van der Waals surface area contributed by atoms with Gasteiger partial charge in [-0.3, -0.25) is 0 Å². The second-order valence-corrected chi connectivity index (χ2v) is 5.26. The normalized spacial score (nSPS) is 22.2. The molecule has 1 atom stereocenters. The monoisotopic (exact) mass is 236 g/mol. The maximum atomic E-state index is 4.21. The quantitative estimate of drug-likeness (QED) is 0.816. The molecule has 0 saturated carbocycles. The molecule has 1 fully saturated rings. The molecule has 0 amide bonds. The van der Waals surface area contributed by atoms with Crippen LogP contribution in [-0.4, -0.2) is 40.5 Å². The summed E-state index contributed by atoms with van der Waals surface area (Å²) in [6.45, 7) is 9.04. The van der Waals surface area contributed by atoms with Gasteiger partial charge in [0.1, 0.15) is 5.82 Å². The fourth-order valence-corrected chi connectivity index (χ4v) is 2.52. The van der Waals surface area contributed by atoms with Crippen LogP contribution in [0.2, 0.25) is 0 Å². The van der Waals surface area contributed by atoms with Crippen molar-refractivity contribution >= 4 is 0 Å². The zero-order chi connectivity index (χ0) is 12.1. The lowest BCUT2D eigenvalue weighted by molar-refractivity contribution is 0.138. The fraction of sp³-hybridized carbons (Fsp3) is 0.769. The van der Waals surface area contributed by atoms with Crippen LogP contribution < -0.4 is 5.32 Å². The predicted molar refractivity (Wildman–Crippen MR) is 69.7 cm³/mol. The molecule has 17 heavy (non-hydrogen) atoms. The van der Waals surface area contributed by atoms with Crippen LogP contribution in [0.4, 0.5) is 0 Å². The molecule has 0 aliphatic carbocycles. The van der Waals surface area contributed by atoms with Crippen molar-refractivity contribution in [2.24, 2.45) is 5.92 Å².